The van der Waals surface area contributed by atoms with Gasteiger partial charge in [0.1, 0.15) is 0 Å². The zero-order valence-electron chi connectivity index (χ0n) is 8.98. The van der Waals surface area contributed by atoms with Crippen LogP contribution in [0.3, 0.4) is 0 Å². The van der Waals surface area contributed by atoms with Crippen LogP contribution in [0.1, 0.15) is 61.1 Å². The van der Waals surface area contributed by atoms with Crippen molar-refractivity contribution in [2.45, 2.75) is 56.4 Å². The smallest absolute Gasteiger partial charge is 0.0959 e. The first kappa shape index (κ1) is 9.79. The molecule has 3 heteroatoms. The Morgan fingerprint density at radius 1 is 1.20 bits per heavy atom. The summed E-state index contributed by atoms with van der Waals surface area (Å²) >= 11 is 1.86. The van der Waals surface area contributed by atoms with Gasteiger partial charge in [-0.15, -0.1) is 11.3 Å². The summed E-state index contributed by atoms with van der Waals surface area (Å²) in [5.41, 5.74) is 7.39. The summed E-state index contributed by atoms with van der Waals surface area (Å²) in [6.07, 6.45) is 7.80. The van der Waals surface area contributed by atoms with Gasteiger partial charge in [0.25, 0.3) is 0 Å². The molecule has 2 unspecified atom stereocenters. The summed E-state index contributed by atoms with van der Waals surface area (Å²) in [4.78, 5) is 4.80. The van der Waals surface area contributed by atoms with E-state index in [1.165, 1.54) is 49.2 Å². The predicted octanol–water partition coefficient (Wildman–Crippen LogP) is 3.01. The normalized spacial score (nSPS) is 31.8. The molecule has 2 atom stereocenters. The van der Waals surface area contributed by atoms with E-state index in [0.29, 0.717) is 12.0 Å². The molecular formula is C12H18N2S. The minimum Gasteiger partial charge on any atom is -0.327 e. The largest absolute Gasteiger partial charge is 0.327 e. The van der Waals surface area contributed by atoms with Crippen LogP contribution in [-0.4, -0.2) is 11.0 Å². The van der Waals surface area contributed by atoms with Crippen molar-refractivity contribution in [3.63, 3.8) is 0 Å². The molecule has 1 heterocycles. The van der Waals surface area contributed by atoms with Crippen LogP contribution in [0.5, 0.6) is 0 Å². The van der Waals surface area contributed by atoms with E-state index < -0.39 is 0 Å². The topological polar surface area (TPSA) is 38.9 Å². The van der Waals surface area contributed by atoms with Crippen molar-refractivity contribution >= 4 is 11.3 Å². The van der Waals surface area contributed by atoms with Crippen molar-refractivity contribution in [1.82, 2.24) is 4.98 Å². The quantitative estimate of drug-likeness (QED) is 0.835. The van der Waals surface area contributed by atoms with Gasteiger partial charge in [0, 0.05) is 23.3 Å². The SMILES string of the molecule is NC1CCCC1c1csc(C2CCC2)n1. The molecule has 1 aromatic heterocycles. The Morgan fingerprint density at radius 3 is 2.60 bits per heavy atom. The molecule has 0 amide bonds. The van der Waals surface area contributed by atoms with Crippen molar-refractivity contribution in [2.24, 2.45) is 5.73 Å². The fourth-order valence-corrected chi connectivity index (χ4v) is 3.72. The van der Waals surface area contributed by atoms with Gasteiger partial charge < -0.3 is 5.73 Å². The molecule has 2 fully saturated rings. The number of nitrogens with zero attached hydrogens (tertiary/aromatic N) is 1. The first-order chi connectivity index (χ1) is 7.34. The van der Waals surface area contributed by atoms with Crippen LogP contribution in [0, 0.1) is 0 Å². The highest BCUT2D eigenvalue weighted by Gasteiger charge is 2.29. The average Bonchev–Trinajstić information content (AvgIpc) is 2.70. The molecule has 0 saturated heterocycles. The van der Waals surface area contributed by atoms with Gasteiger partial charge >= 0.3 is 0 Å². The zero-order chi connectivity index (χ0) is 10.3. The van der Waals surface area contributed by atoms with Crippen molar-refractivity contribution in [2.75, 3.05) is 0 Å². The van der Waals surface area contributed by atoms with E-state index in [1.807, 2.05) is 11.3 Å². The lowest BCUT2D eigenvalue weighted by molar-refractivity contribution is 0.417. The maximum Gasteiger partial charge on any atom is 0.0959 e. The van der Waals surface area contributed by atoms with Gasteiger partial charge in [-0.2, -0.15) is 0 Å². The molecule has 2 aliphatic carbocycles. The lowest BCUT2D eigenvalue weighted by Crippen LogP contribution is -2.23. The second-order valence-electron chi connectivity index (χ2n) is 4.94. The third-order valence-electron chi connectivity index (χ3n) is 3.94. The summed E-state index contributed by atoms with van der Waals surface area (Å²) < 4.78 is 0. The van der Waals surface area contributed by atoms with Crippen LogP contribution in [0.2, 0.25) is 0 Å². The molecule has 0 bridgehead atoms. The standard InChI is InChI=1S/C12H18N2S/c13-10-6-2-5-9(10)11-7-15-12(14-11)8-3-1-4-8/h7-10H,1-6,13H2. The molecular weight excluding hydrogens is 204 g/mol. The monoisotopic (exact) mass is 222 g/mol. The maximum atomic E-state index is 6.11. The summed E-state index contributed by atoms with van der Waals surface area (Å²) in [6.45, 7) is 0. The van der Waals surface area contributed by atoms with Crippen LogP contribution in [-0.2, 0) is 0 Å². The van der Waals surface area contributed by atoms with Crippen LogP contribution < -0.4 is 5.73 Å². The molecule has 2 aliphatic rings. The Kier molecular flexibility index (Phi) is 2.53. The highest BCUT2D eigenvalue weighted by Crippen LogP contribution is 2.40. The van der Waals surface area contributed by atoms with E-state index in [9.17, 15) is 0 Å². The van der Waals surface area contributed by atoms with E-state index in [2.05, 4.69) is 5.38 Å². The lowest BCUT2D eigenvalue weighted by atomic mass is 9.86. The summed E-state index contributed by atoms with van der Waals surface area (Å²) in [5.74, 6) is 1.33. The number of aromatic nitrogens is 1. The number of rotatable bonds is 2. The minimum absolute atomic E-state index is 0.362. The van der Waals surface area contributed by atoms with Gasteiger partial charge in [0.15, 0.2) is 0 Å². The Balaban J connectivity index is 1.77. The van der Waals surface area contributed by atoms with Gasteiger partial charge in [-0.3, -0.25) is 0 Å². The van der Waals surface area contributed by atoms with Gasteiger partial charge in [-0.05, 0) is 25.7 Å². The van der Waals surface area contributed by atoms with Crippen molar-refractivity contribution in [3.8, 4) is 0 Å². The van der Waals surface area contributed by atoms with E-state index in [4.69, 9.17) is 10.7 Å². The molecule has 0 aliphatic heterocycles. The second-order valence-corrected chi connectivity index (χ2v) is 5.83. The number of nitrogens with two attached hydrogens (primary N) is 1. The minimum atomic E-state index is 0.362. The lowest BCUT2D eigenvalue weighted by Gasteiger charge is -2.22. The Hall–Kier alpha value is -0.410. The maximum absolute atomic E-state index is 6.11. The van der Waals surface area contributed by atoms with Gasteiger partial charge in [0.2, 0.25) is 0 Å². The highest BCUT2D eigenvalue weighted by molar-refractivity contribution is 7.09. The van der Waals surface area contributed by atoms with Crippen LogP contribution in [0.15, 0.2) is 5.38 Å². The molecule has 3 rings (SSSR count). The molecule has 0 spiro atoms. The summed E-state index contributed by atoms with van der Waals surface area (Å²) in [6, 6.07) is 0.362. The Morgan fingerprint density at radius 2 is 2.00 bits per heavy atom. The van der Waals surface area contributed by atoms with Crippen molar-refractivity contribution < 1.29 is 0 Å². The van der Waals surface area contributed by atoms with Crippen LogP contribution in [0.4, 0.5) is 0 Å². The second kappa shape index (κ2) is 3.87. The number of hydrogen-bond acceptors (Lipinski definition) is 3. The van der Waals surface area contributed by atoms with Crippen molar-refractivity contribution in [1.29, 1.82) is 0 Å². The summed E-state index contributed by atoms with van der Waals surface area (Å²) in [5, 5.41) is 3.62. The third-order valence-corrected chi connectivity index (χ3v) is 4.97. The fourth-order valence-electron chi connectivity index (χ4n) is 2.67. The molecule has 82 valence electrons. The number of hydrogen-bond donors (Lipinski definition) is 1. The fraction of sp³-hybridized carbons (Fsp3) is 0.750. The molecule has 0 aromatic carbocycles. The van der Waals surface area contributed by atoms with E-state index >= 15 is 0 Å². The highest BCUT2D eigenvalue weighted by atomic mass is 32.1. The van der Waals surface area contributed by atoms with E-state index in [0.717, 1.165) is 5.92 Å². The van der Waals surface area contributed by atoms with Gasteiger partial charge in [0.05, 0.1) is 10.7 Å². The number of thiazole rings is 1. The molecule has 2 saturated carbocycles. The molecule has 0 radical (unpaired) electrons. The van der Waals surface area contributed by atoms with Gasteiger partial charge in [-0.25, -0.2) is 4.98 Å². The predicted molar refractivity (Wildman–Crippen MR) is 63.3 cm³/mol. The van der Waals surface area contributed by atoms with E-state index in [1.54, 1.807) is 0 Å². The molecule has 1 aromatic rings. The van der Waals surface area contributed by atoms with Crippen LogP contribution >= 0.6 is 11.3 Å². The first-order valence-corrected chi connectivity index (χ1v) is 6.93. The Labute approximate surface area is 94.9 Å². The van der Waals surface area contributed by atoms with Crippen LogP contribution in [0.25, 0.3) is 0 Å². The molecule has 2 nitrogen and oxygen atoms in total. The van der Waals surface area contributed by atoms with Crippen molar-refractivity contribution in [3.05, 3.63) is 16.1 Å². The van der Waals surface area contributed by atoms with E-state index in [-0.39, 0.29) is 0 Å². The van der Waals surface area contributed by atoms with Gasteiger partial charge in [-0.1, -0.05) is 12.8 Å². The zero-order valence-corrected chi connectivity index (χ0v) is 9.80. The molecule has 2 N–H and O–H groups in total. The first-order valence-electron chi connectivity index (χ1n) is 6.05. The Bertz CT molecular complexity index is 343. The summed E-state index contributed by atoms with van der Waals surface area (Å²) in [7, 11) is 0. The average molecular weight is 222 g/mol. The molecule has 15 heavy (non-hydrogen) atoms. The third kappa shape index (κ3) is 1.72.